The molecule has 0 spiro atoms. The molecule has 0 aliphatic carbocycles. The van der Waals surface area contributed by atoms with Crippen molar-refractivity contribution in [2.45, 2.75) is 26.4 Å². The summed E-state index contributed by atoms with van der Waals surface area (Å²) in [4.78, 5) is 14.5. The molecule has 0 saturated heterocycles. The predicted octanol–water partition coefficient (Wildman–Crippen LogP) is 1.91. The van der Waals surface area contributed by atoms with Gasteiger partial charge in [-0.05, 0) is 22.0 Å². The number of hydrogen-bond donors (Lipinski definition) is 2. The molecule has 0 aromatic carbocycles. The minimum atomic E-state index is 0.396. The summed E-state index contributed by atoms with van der Waals surface area (Å²) < 4.78 is 0.902. The highest BCUT2D eigenvalue weighted by Crippen LogP contribution is 2.17. The summed E-state index contributed by atoms with van der Waals surface area (Å²) in [5, 5.41) is 5.85. The van der Waals surface area contributed by atoms with Gasteiger partial charge in [-0.3, -0.25) is 4.79 Å². The molecule has 82 valence electrons. The van der Waals surface area contributed by atoms with E-state index in [0.29, 0.717) is 24.8 Å². The van der Waals surface area contributed by atoms with Crippen LogP contribution in [0.3, 0.4) is 0 Å². The molecule has 2 N–H and O–H groups in total. The van der Waals surface area contributed by atoms with E-state index < -0.39 is 0 Å². The lowest BCUT2D eigenvalue weighted by Crippen LogP contribution is -2.22. The van der Waals surface area contributed by atoms with Gasteiger partial charge in [0.1, 0.15) is 5.82 Å². The molecule has 1 aromatic heterocycles. The van der Waals surface area contributed by atoms with Crippen LogP contribution in [-0.4, -0.2) is 17.4 Å². The van der Waals surface area contributed by atoms with Gasteiger partial charge >= 0.3 is 0 Å². The van der Waals surface area contributed by atoms with Crippen molar-refractivity contribution in [3.63, 3.8) is 0 Å². The zero-order chi connectivity index (χ0) is 11.3. The summed E-state index contributed by atoms with van der Waals surface area (Å²) in [6, 6.07) is 2.34. The molecular formula is C10H14BrN3O. The van der Waals surface area contributed by atoms with E-state index in [1.54, 1.807) is 6.20 Å². The molecule has 4 nitrogen and oxygen atoms in total. The van der Waals surface area contributed by atoms with E-state index in [4.69, 9.17) is 0 Å². The Kier molecular flexibility index (Phi) is 4.71. The van der Waals surface area contributed by atoms with Crippen LogP contribution in [0.1, 0.15) is 19.4 Å². The molecule has 0 radical (unpaired) electrons. The number of nitrogens with one attached hydrogen (secondary N) is 2. The third-order valence-electron chi connectivity index (χ3n) is 1.83. The molecule has 0 aliphatic rings. The van der Waals surface area contributed by atoms with Crippen molar-refractivity contribution in [1.82, 2.24) is 10.3 Å². The van der Waals surface area contributed by atoms with Crippen LogP contribution in [0.15, 0.2) is 16.7 Å². The van der Waals surface area contributed by atoms with Crippen LogP contribution in [0.5, 0.6) is 0 Å². The lowest BCUT2D eigenvalue weighted by atomic mass is 10.2. The Labute approximate surface area is 97.6 Å². The molecule has 1 amide bonds. The molecule has 0 unspecified atom stereocenters. The first-order valence-corrected chi connectivity index (χ1v) is 5.50. The molecule has 1 rings (SSSR count). The van der Waals surface area contributed by atoms with Gasteiger partial charge in [-0.15, -0.1) is 0 Å². The van der Waals surface area contributed by atoms with Crippen LogP contribution in [-0.2, 0) is 11.3 Å². The standard InChI is InChI=1S/C10H14BrN3O/c1-7(2)12-4-8-3-9(11)5-13-10(8)14-6-15/h3,5-7,12H,4H2,1-2H3,(H,13,14,15). The number of rotatable bonds is 5. The van der Waals surface area contributed by atoms with Crippen molar-refractivity contribution >= 4 is 28.2 Å². The van der Waals surface area contributed by atoms with Gasteiger partial charge in [-0.2, -0.15) is 0 Å². The van der Waals surface area contributed by atoms with Gasteiger partial charge in [-0.25, -0.2) is 4.98 Å². The highest BCUT2D eigenvalue weighted by Gasteiger charge is 2.04. The number of pyridine rings is 1. The molecule has 0 aliphatic heterocycles. The van der Waals surface area contributed by atoms with Crippen molar-refractivity contribution in [1.29, 1.82) is 0 Å². The Morgan fingerprint density at radius 2 is 2.33 bits per heavy atom. The number of aromatic nitrogens is 1. The van der Waals surface area contributed by atoms with Crippen LogP contribution < -0.4 is 10.6 Å². The summed E-state index contributed by atoms with van der Waals surface area (Å²) >= 11 is 3.35. The maximum absolute atomic E-state index is 10.4. The third-order valence-corrected chi connectivity index (χ3v) is 2.26. The SMILES string of the molecule is CC(C)NCc1cc(Br)cnc1NC=O. The predicted molar refractivity (Wildman–Crippen MR) is 63.6 cm³/mol. The Morgan fingerprint density at radius 1 is 1.60 bits per heavy atom. The first kappa shape index (κ1) is 12.1. The van der Waals surface area contributed by atoms with Gasteiger partial charge < -0.3 is 10.6 Å². The lowest BCUT2D eigenvalue weighted by Gasteiger charge is -2.11. The fourth-order valence-corrected chi connectivity index (χ4v) is 1.49. The maximum Gasteiger partial charge on any atom is 0.212 e. The third kappa shape index (κ3) is 3.97. The molecule has 1 heterocycles. The number of carbonyl (C=O) groups excluding carboxylic acids is 1. The molecule has 0 atom stereocenters. The number of anilines is 1. The van der Waals surface area contributed by atoms with Crippen LogP contribution in [0.4, 0.5) is 5.82 Å². The van der Waals surface area contributed by atoms with Crippen molar-refractivity contribution in [2.75, 3.05) is 5.32 Å². The smallest absolute Gasteiger partial charge is 0.212 e. The van der Waals surface area contributed by atoms with Crippen LogP contribution in [0, 0.1) is 0 Å². The fourth-order valence-electron chi connectivity index (χ4n) is 1.12. The van der Waals surface area contributed by atoms with E-state index in [-0.39, 0.29) is 0 Å². The topological polar surface area (TPSA) is 54.0 Å². The highest BCUT2D eigenvalue weighted by atomic mass is 79.9. The zero-order valence-electron chi connectivity index (χ0n) is 8.75. The summed E-state index contributed by atoms with van der Waals surface area (Å²) in [5.41, 5.74) is 0.963. The van der Waals surface area contributed by atoms with Gasteiger partial charge in [0.05, 0.1) is 0 Å². The molecule has 5 heteroatoms. The van der Waals surface area contributed by atoms with Gasteiger partial charge in [0.2, 0.25) is 6.41 Å². The normalized spacial score (nSPS) is 10.4. The van der Waals surface area contributed by atoms with E-state index in [1.807, 2.05) is 6.07 Å². The second-order valence-electron chi connectivity index (χ2n) is 3.46. The number of nitrogens with zero attached hydrogens (tertiary/aromatic N) is 1. The van der Waals surface area contributed by atoms with E-state index in [0.717, 1.165) is 10.0 Å². The van der Waals surface area contributed by atoms with Crippen molar-refractivity contribution in [3.8, 4) is 0 Å². The molecule has 15 heavy (non-hydrogen) atoms. The van der Waals surface area contributed by atoms with Gasteiger partial charge in [0.15, 0.2) is 0 Å². The number of carbonyl (C=O) groups is 1. The van der Waals surface area contributed by atoms with Crippen molar-refractivity contribution < 1.29 is 4.79 Å². The number of hydrogen-bond acceptors (Lipinski definition) is 3. The first-order valence-electron chi connectivity index (χ1n) is 4.71. The molecule has 1 aromatic rings. The van der Waals surface area contributed by atoms with E-state index in [2.05, 4.69) is 45.4 Å². The summed E-state index contributed by atoms with van der Waals surface area (Å²) in [6.45, 7) is 4.82. The Balaban J connectivity index is 2.81. The lowest BCUT2D eigenvalue weighted by molar-refractivity contribution is -0.105. The Morgan fingerprint density at radius 3 is 2.93 bits per heavy atom. The molecule has 0 bridgehead atoms. The summed E-state index contributed by atoms with van der Waals surface area (Å²) in [6.07, 6.45) is 2.29. The van der Waals surface area contributed by atoms with Crippen LogP contribution in [0.25, 0.3) is 0 Å². The summed E-state index contributed by atoms with van der Waals surface area (Å²) in [5.74, 6) is 0.598. The average molecular weight is 272 g/mol. The average Bonchev–Trinajstić information content (AvgIpc) is 2.18. The van der Waals surface area contributed by atoms with Gasteiger partial charge in [0.25, 0.3) is 0 Å². The second-order valence-corrected chi connectivity index (χ2v) is 4.37. The molecular weight excluding hydrogens is 258 g/mol. The second kappa shape index (κ2) is 5.82. The monoisotopic (exact) mass is 271 g/mol. The summed E-state index contributed by atoms with van der Waals surface area (Å²) in [7, 11) is 0. The minimum Gasteiger partial charge on any atom is -0.313 e. The quantitative estimate of drug-likeness (QED) is 0.805. The van der Waals surface area contributed by atoms with Crippen molar-refractivity contribution in [2.24, 2.45) is 0 Å². The largest absolute Gasteiger partial charge is 0.313 e. The molecule has 0 fully saturated rings. The maximum atomic E-state index is 10.4. The fraction of sp³-hybridized carbons (Fsp3) is 0.400. The van der Waals surface area contributed by atoms with E-state index >= 15 is 0 Å². The highest BCUT2D eigenvalue weighted by molar-refractivity contribution is 9.10. The zero-order valence-corrected chi connectivity index (χ0v) is 10.3. The minimum absolute atomic E-state index is 0.396. The van der Waals surface area contributed by atoms with E-state index in [9.17, 15) is 4.79 Å². The Hall–Kier alpha value is -0.940. The van der Waals surface area contributed by atoms with Gasteiger partial charge in [0, 0.05) is 28.8 Å². The van der Waals surface area contributed by atoms with Crippen molar-refractivity contribution in [3.05, 3.63) is 22.3 Å². The number of amides is 1. The Bertz CT molecular complexity index is 341. The van der Waals surface area contributed by atoms with Gasteiger partial charge in [-0.1, -0.05) is 13.8 Å². The molecule has 0 saturated carbocycles. The van der Waals surface area contributed by atoms with E-state index in [1.165, 1.54) is 0 Å². The first-order chi connectivity index (χ1) is 7.13. The number of halogens is 1. The van der Waals surface area contributed by atoms with Crippen LogP contribution in [0.2, 0.25) is 0 Å². The van der Waals surface area contributed by atoms with Crippen LogP contribution >= 0.6 is 15.9 Å².